The van der Waals surface area contributed by atoms with Crippen LogP contribution in [0.1, 0.15) is 72.9 Å². The highest BCUT2D eigenvalue weighted by Crippen LogP contribution is 2.19. The minimum absolute atomic E-state index is 0.367. The molecular formula is C40H50O8. The Morgan fingerprint density at radius 1 is 0.604 bits per heavy atom. The predicted molar refractivity (Wildman–Crippen MR) is 189 cm³/mol. The Balaban J connectivity index is 0.00000189. The maximum absolute atomic E-state index is 12.6. The van der Waals surface area contributed by atoms with Gasteiger partial charge in [0.25, 0.3) is 0 Å². The fourth-order valence-corrected chi connectivity index (χ4v) is 4.49. The van der Waals surface area contributed by atoms with E-state index in [9.17, 15) is 9.59 Å². The van der Waals surface area contributed by atoms with Crippen LogP contribution in [0.25, 0.3) is 0 Å². The molecule has 0 bridgehead atoms. The van der Waals surface area contributed by atoms with E-state index in [4.69, 9.17) is 28.5 Å². The number of benzene rings is 3. The molecule has 258 valence electrons. The van der Waals surface area contributed by atoms with Gasteiger partial charge >= 0.3 is 11.9 Å². The second-order valence-electron chi connectivity index (χ2n) is 11.0. The lowest BCUT2D eigenvalue weighted by atomic mass is 10.0. The van der Waals surface area contributed by atoms with Gasteiger partial charge in [-0.15, -0.1) is 0 Å². The van der Waals surface area contributed by atoms with Crippen molar-refractivity contribution < 1.29 is 38.1 Å². The maximum Gasteiger partial charge on any atom is 0.343 e. The summed E-state index contributed by atoms with van der Waals surface area (Å²) in [6.07, 6.45) is 12.9. The molecule has 0 aliphatic heterocycles. The van der Waals surface area contributed by atoms with E-state index in [1.165, 1.54) is 23.3 Å². The third-order valence-electron chi connectivity index (χ3n) is 7.18. The topological polar surface area (TPSA) is 97.4 Å². The first-order valence-electron chi connectivity index (χ1n) is 16.6. The van der Waals surface area contributed by atoms with Gasteiger partial charge in [-0.2, -0.15) is 0 Å². The molecule has 0 saturated carbocycles. The van der Waals surface area contributed by atoms with Gasteiger partial charge in [0.05, 0.1) is 25.4 Å². The molecule has 0 amide bonds. The van der Waals surface area contributed by atoms with Gasteiger partial charge in [-0.3, -0.25) is 4.79 Å². The molecule has 3 rings (SSSR count). The molecule has 3 aromatic rings. The number of carbonyl (C=O) groups is 3. The van der Waals surface area contributed by atoms with Crippen molar-refractivity contribution in [2.45, 2.75) is 64.2 Å². The van der Waals surface area contributed by atoms with Gasteiger partial charge in [0.1, 0.15) is 23.5 Å². The summed E-state index contributed by atoms with van der Waals surface area (Å²) in [7, 11) is 1.72. The normalized spacial score (nSPS) is 10.2. The van der Waals surface area contributed by atoms with Crippen molar-refractivity contribution in [3.8, 4) is 17.2 Å². The molecule has 3 aromatic carbocycles. The lowest BCUT2D eigenvalue weighted by Gasteiger charge is -2.09. The minimum Gasteiger partial charge on any atom is -0.494 e. The van der Waals surface area contributed by atoms with Crippen molar-refractivity contribution in [2.24, 2.45) is 0 Å². The number of carbonyl (C=O) groups excluding carboxylic acids is 3. The average Bonchev–Trinajstić information content (AvgIpc) is 3.12. The molecule has 0 spiro atoms. The van der Waals surface area contributed by atoms with E-state index in [1.807, 2.05) is 36.4 Å². The van der Waals surface area contributed by atoms with Crippen LogP contribution in [0.15, 0.2) is 98.1 Å². The Bertz CT molecular complexity index is 1330. The van der Waals surface area contributed by atoms with E-state index in [0.717, 1.165) is 82.3 Å². The molecule has 0 saturated heterocycles. The van der Waals surface area contributed by atoms with E-state index in [1.54, 1.807) is 31.4 Å². The Morgan fingerprint density at radius 2 is 1.04 bits per heavy atom. The van der Waals surface area contributed by atoms with Crippen molar-refractivity contribution >= 4 is 18.2 Å². The van der Waals surface area contributed by atoms with Crippen LogP contribution in [0.3, 0.4) is 0 Å². The zero-order chi connectivity index (χ0) is 34.7. The third-order valence-corrected chi connectivity index (χ3v) is 7.18. The van der Waals surface area contributed by atoms with Crippen molar-refractivity contribution in [3.05, 3.63) is 115 Å². The monoisotopic (exact) mass is 658 g/mol. The SMILES string of the molecule is C=CC(=O)OCCCCCCOc1ccc(CCc2ccc(OC(=O)c3ccc(OCCCCCCOC)cc3)cc2)cc1.C=CC=O. The highest BCUT2D eigenvalue weighted by Gasteiger charge is 2.09. The molecule has 0 atom stereocenters. The van der Waals surface area contributed by atoms with Crippen LogP contribution in [-0.2, 0) is 31.9 Å². The number of aldehydes is 1. The minimum atomic E-state index is -0.392. The van der Waals surface area contributed by atoms with Gasteiger partial charge in [0.2, 0.25) is 0 Å². The van der Waals surface area contributed by atoms with Gasteiger partial charge in [-0.1, -0.05) is 43.8 Å². The van der Waals surface area contributed by atoms with E-state index in [2.05, 4.69) is 25.3 Å². The number of hydrogen-bond acceptors (Lipinski definition) is 8. The number of esters is 2. The van der Waals surface area contributed by atoms with Gasteiger partial charge in [0, 0.05) is 19.8 Å². The smallest absolute Gasteiger partial charge is 0.343 e. The Hall–Kier alpha value is -4.69. The predicted octanol–water partition coefficient (Wildman–Crippen LogP) is 8.32. The first-order chi connectivity index (χ1) is 23.5. The van der Waals surface area contributed by atoms with Crippen LogP contribution in [0.2, 0.25) is 0 Å². The van der Waals surface area contributed by atoms with Crippen LogP contribution in [-0.4, -0.2) is 51.8 Å². The fourth-order valence-electron chi connectivity index (χ4n) is 4.49. The summed E-state index contributed by atoms with van der Waals surface area (Å²) in [5.41, 5.74) is 2.89. The lowest BCUT2D eigenvalue weighted by molar-refractivity contribution is -0.137. The highest BCUT2D eigenvalue weighted by molar-refractivity contribution is 5.91. The molecule has 8 heteroatoms. The summed E-state index contributed by atoms with van der Waals surface area (Å²) in [4.78, 5) is 32.7. The standard InChI is InChI=1S/C37H46O7.C3H4O/c1-3-36(38)43-29-11-7-6-10-27-41-33-20-14-30(15-21-33)12-13-31-16-22-35(23-17-31)44-37(39)32-18-24-34(25-19-32)42-28-9-5-4-8-26-40-2;1-2-3-4/h3,14-25H,1,4-13,26-29H2,2H3;2-3H,1H2. The second-order valence-corrected chi connectivity index (χ2v) is 11.0. The average molecular weight is 659 g/mol. The summed E-state index contributed by atoms with van der Waals surface area (Å²) in [6, 6.07) is 23.0. The van der Waals surface area contributed by atoms with E-state index in [-0.39, 0.29) is 5.97 Å². The number of ether oxygens (including phenoxy) is 5. The summed E-state index contributed by atoms with van der Waals surface area (Å²) in [5.74, 6) is 1.38. The maximum atomic E-state index is 12.6. The molecule has 8 nitrogen and oxygen atoms in total. The quantitative estimate of drug-likeness (QED) is 0.0330. The van der Waals surface area contributed by atoms with E-state index >= 15 is 0 Å². The van der Waals surface area contributed by atoms with Crippen LogP contribution in [0, 0.1) is 0 Å². The number of rotatable bonds is 23. The second kappa shape index (κ2) is 25.4. The van der Waals surface area contributed by atoms with Crippen LogP contribution >= 0.6 is 0 Å². The number of methoxy groups -OCH3 is 1. The molecule has 0 heterocycles. The molecule has 0 radical (unpaired) electrons. The van der Waals surface area contributed by atoms with Crippen LogP contribution in [0.5, 0.6) is 17.2 Å². The number of aryl methyl sites for hydroxylation is 2. The van der Waals surface area contributed by atoms with Gasteiger partial charge in [0.15, 0.2) is 0 Å². The van der Waals surface area contributed by atoms with Crippen LogP contribution < -0.4 is 14.2 Å². The number of hydrogen-bond donors (Lipinski definition) is 0. The highest BCUT2D eigenvalue weighted by atomic mass is 16.5. The largest absolute Gasteiger partial charge is 0.494 e. The molecule has 0 aliphatic rings. The zero-order valence-corrected chi connectivity index (χ0v) is 28.2. The van der Waals surface area contributed by atoms with Crippen molar-refractivity contribution in [1.29, 1.82) is 0 Å². The Morgan fingerprint density at radius 3 is 1.50 bits per heavy atom. The Kier molecular flexibility index (Phi) is 20.9. The molecule has 0 fully saturated rings. The van der Waals surface area contributed by atoms with Crippen LogP contribution in [0.4, 0.5) is 0 Å². The first-order valence-corrected chi connectivity index (χ1v) is 16.6. The molecule has 0 unspecified atom stereocenters. The number of allylic oxidation sites excluding steroid dienone is 1. The van der Waals surface area contributed by atoms with Crippen molar-refractivity contribution in [3.63, 3.8) is 0 Å². The summed E-state index contributed by atoms with van der Waals surface area (Å²) in [6.45, 7) is 9.06. The summed E-state index contributed by atoms with van der Waals surface area (Å²) >= 11 is 0. The Labute approximate surface area is 285 Å². The van der Waals surface area contributed by atoms with Gasteiger partial charge < -0.3 is 23.7 Å². The van der Waals surface area contributed by atoms with Crippen molar-refractivity contribution in [2.75, 3.05) is 33.5 Å². The molecule has 0 N–H and O–H groups in total. The zero-order valence-electron chi connectivity index (χ0n) is 28.2. The third kappa shape index (κ3) is 17.9. The first kappa shape index (κ1) is 39.5. The molecular weight excluding hydrogens is 608 g/mol. The molecule has 0 aromatic heterocycles. The van der Waals surface area contributed by atoms with Gasteiger partial charge in [-0.05, 0) is 124 Å². The number of unbranched alkanes of at least 4 members (excludes halogenated alkanes) is 6. The van der Waals surface area contributed by atoms with E-state index < -0.39 is 5.97 Å². The fraction of sp³-hybridized carbons (Fsp3) is 0.375. The molecule has 0 aliphatic carbocycles. The van der Waals surface area contributed by atoms with E-state index in [0.29, 0.717) is 37.4 Å². The van der Waals surface area contributed by atoms with Gasteiger partial charge in [-0.25, -0.2) is 9.59 Å². The summed E-state index contributed by atoms with van der Waals surface area (Å²) < 4.78 is 27.2. The summed E-state index contributed by atoms with van der Waals surface area (Å²) in [5, 5.41) is 0. The lowest BCUT2D eigenvalue weighted by Crippen LogP contribution is -2.08. The molecule has 48 heavy (non-hydrogen) atoms. The van der Waals surface area contributed by atoms with Crippen molar-refractivity contribution in [1.82, 2.24) is 0 Å².